The van der Waals surface area contributed by atoms with Crippen LogP contribution < -0.4 is 0 Å². The molecule has 17 heavy (non-hydrogen) atoms. The van der Waals surface area contributed by atoms with E-state index < -0.39 is 5.97 Å². The van der Waals surface area contributed by atoms with Gasteiger partial charge in [-0.15, -0.1) is 0 Å². The van der Waals surface area contributed by atoms with Crippen molar-refractivity contribution in [2.24, 2.45) is 0 Å². The van der Waals surface area contributed by atoms with Gasteiger partial charge in [-0.3, -0.25) is 9.59 Å². The van der Waals surface area contributed by atoms with Crippen LogP contribution in [-0.4, -0.2) is 23.7 Å². The number of carboxylic acid groups (broad SMARTS) is 1. The summed E-state index contributed by atoms with van der Waals surface area (Å²) in [6, 6.07) is 0. The highest BCUT2D eigenvalue weighted by Gasteiger charge is 1.95. The quantitative estimate of drug-likeness (QED) is 0.526. The largest absolute Gasteiger partial charge is 0.481 e. The normalized spacial score (nSPS) is 9.12. The molecule has 0 saturated carbocycles. The van der Waals surface area contributed by atoms with E-state index in [2.05, 4.69) is 11.7 Å². The summed E-state index contributed by atoms with van der Waals surface area (Å²) < 4.78 is 4.40. The first-order valence-electron chi connectivity index (χ1n) is 6.39. The molecule has 4 nitrogen and oxygen atoms in total. The first-order chi connectivity index (χ1) is 8.04. The number of ether oxygens (including phenoxy) is 1. The maximum atomic E-state index is 10.1. The van der Waals surface area contributed by atoms with Crippen molar-refractivity contribution in [1.29, 1.82) is 0 Å². The van der Waals surface area contributed by atoms with Gasteiger partial charge < -0.3 is 9.84 Å². The van der Waals surface area contributed by atoms with Crippen LogP contribution in [0.4, 0.5) is 0 Å². The zero-order valence-electron chi connectivity index (χ0n) is 11.3. The van der Waals surface area contributed by atoms with E-state index in [0.717, 1.165) is 12.8 Å². The molecule has 0 rings (SSSR count). The Labute approximate surface area is 104 Å². The summed E-state index contributed by atoms with van der Waals surface area (Å²) in [6.45, 7) is 5.83. The fourth-order valence-corrected chi connectivity index (χ4v) is 1.26. The van der Waals surface area contributed by atoms with Crippen LogP contribution in [-0.2, 0) is 14.3 Å². The Kier molecular flexibility index (Phi) is 16.1. The number of carbonyl (C=O) groups is 2. The number of rotatable bonds is 8. The molecule has 0 unspecified atom stereocenters. The summed E-state index contributed by atoms with van der Waals surface area (Å²) in [5, 5.41) is 8.32. The summed E-state index contributed by atoms with van der Waals surface area (Å²) in [5.41, 5.74) is 0. The van der Waals surface area contributed by atoms with Gasteiger partial charge in [-0.05, 0) is 13.3 Å². The number of aliphatic carboxylic acids is 1. The van der Waals surface area contributed by atoms with E-state index in [-0.39, 0.29) is 5.97 Å². The first kappa shape index (κ1) is 18.3. The van der Waals surface area contributed by atoms with E-state index in [9.17, 15) is 9.59 Å². The van der Waals surface area contributed by atoms with Gasteiger partial charge in [-0.2, -0.15) is 0 Å². The molecule has 0 aromatic carbocycles. The van der Waals surface area contributed by atoms with E-state index in [4.69, 9.17) is 5.11 Å². The van der Waals surface area contributed by atoms with Crippen LogP contribution in [0.15, 0.2) is 0 Å². The van der Waals surface area contributed by atoms with E-state index in [1.807, 2.05) is 0 Å². The standard InChI is InChI=1S/C9H18O2.C4H8O2/c1-2-3-4-5-6-7-8-9(10)11;1-3-6-4(2)5/h2-8H2,1H3,(H,10,11);3H2,1-2H3. The molecule has 1 N–H and O–H groups in total. The second kappa shape index (κ2) is 14.9. The van der Waals surface area contributed by atoms with Gasteiger partial charge in [0.15, 0.2) is 0 Å². The lowest BCUT2D eigenvalue weighted by atomic mass is 10.1. The number of hydrogen-bond acceptors (Lipinski definition) is 3. The van der Waals surface area contributed by atoms with E-state index in [1.54, 1.807) is 6.92 Å². The van der Waals surface area contributed by atoms with Crippen molar-refractivity contribution in [3.05, 3.63) is 0 Å². The minimum Gasteiger partial charge on any atom is -0.481 e. The molecule has 0 aromatic heterocycles. The average Bonchev–Trinajstić information content (AvgIpc) is 2.23. The summed E-state index contributed by atoms with van der Waals surface area (Å²) in [4.78, 5) is 19.9. The van der Waals surface area contributed by atoms with Crippen molar-refractivity contribution in [3.63, 3.8) is 0 Å². The fraction of sp³-hybridized carbons (Fsp3) is 0.846. The number of hydrogen-bond donors (Lipinski definition) is 1. The monoisotopic (exact) mass is 246 g/mol. The van der Waals surface area contributed by atoms with Gasteiger partial charge in [0.05, 0.1) is 6.61 Å². The van der Waals surface area contributed by atoms with Crippen molar-refractivity contribution in [1.82, 2.24) is 0 Å². The Balaban J connectivity index is 0. The smallest absolute Gasteiger partial charge is 0.303 e. The molecular weight excluding hydrogens is 220 g/mol. The summed E-state index contributed by atoms with van der Waals surface area (Å²) >= 11 is 0. The molecule has 0 aliphatic rings. The molecule has 0 heterocycles. The molecule has 102 valence electrons. The van der Waals surface area contributed by atoms with Gasteiger partial charge in [-0.25, -0.2) is 0 Å². The predicted molar refractivity (Wildman–Crippen MR) is 67.9 cm³/mol. The SMILES string of the molecule is CCCCCCCCC(=O)O.CCOC(C)=O. The zero-order valence-corrected chi connectivity index (χ0v) is 11.3. The summed E-state index contributed by atoms with van der Waals surface area (Å²) in [6.07, 6.45) is 7.25. The first-order valence-corrected chi connectivity index (χ1v) is 6.39. The van der Waals surface area contributed by atoms with Gasteiger partial charge in [0.25, 0.3) is 0 Å². The number of carbonyl (C=O) groups excluding carboxylic acids is 1. The summed E-state index contributed by atoms with van der Waals surface area (Å²) in [5.74, 6) is -0.877. The Morgan fingerprint density at radius 2 is 1.53 bits per heavy atom. The average molecular weight is 246 g/mol. The van der Waals surface area contributed by atoms with Crippen LogP contribution in [0.3, 0.4) is 0 Å². The van der Waals surface area contributed by atoms with Gasteiger partial charge in [0.1, 0.15) is 0 Å². The molecule has 0 aromatic rings. The predicted octanol–water partition coefficient (Wildman–Crippen LogP) is 3.39. The third-order valence-electron chi connectivity index (χ3n) is 2.09. The fourth-order valence-electron chi connectivity index (χ4n) is 1.26. The molecule has 0 amide bonds. The zero-order chi connectivity index (χ0) is 13.5. The maximum absolute atomic E-state index is 10.1. The molecule has 0 fully saturated rings. The second-order valence-electron chi connectivity index (χ2n) is 3.84. The molecular formula is C13H26O4. The van der Waals surface area contributed by atoms with Crippen LogP contribution in [0.25, 0.3) is 0 Å². The number of unbranched alkanes of at least 4 members (excludes halogenated alkanes) is 5. The Morgan fingerprint density at radius 3 is 1.88 bits per heavy atom. The Bertz CT molecular complexity index is 190. The Morgan fingerprint density at radius 1 is 1.00 bits per heavy atom. The topological polar surface area (TPSA) is 63.6 Å². The number of esters is 1. The van der Waals surface area contributed by atoms with Gasteiger partial charge in [0.2, 0.25) is 0 Å². The van der Waals surface area contributed by atoms with Gasteiger partial charge >= 0.3 is 11.9 Å². The molecule has 0 saturated heterocycles. The van der Waals surface area contributed by atoms with Crippen molar-refractivity contribution >= 4 is 11.9 Å². The minimum atomic E-state index is -0.666. The van der Waals surface area contributed by atoms with Crippen LogP contribution in [0.1, 0.15) is 65.7 Å². The van der Waals surface area contributed by atoms with Gasteiger partial charge in [0, 0.05) is 13.3 Å². The molecule has 4 heteroatoms. The molecule has 0 bridgehead atoms. The molecule has 0 atom stereocenters. The van der Waals surface area contributed by atoms with E-state index >= 15 is 0 Å². The van der Waals surface area contributed by atoms with Crippen LogP contribution in [0.5, 0.6) is 0 Å². The van der Waals surface area contributed by atoms with Crippen molar-refractivity contribution < 1.29 is 19.4 Å². The highest BCUT2D eigenvalue weighted by Crippen LogP contribution is 2.06. The third-order valence-corrected chi connectivity index (χ3v) is 2.09. The van der Waals surface area contributed by atoms with Crippen LogP contribution >= 0.6 is 0 Å². The molecule has 0 aliphatic carbocycles. The number of carboxylic acids is 1. The molecule has 0 radical (unpaired) electrons. The second-order valence-corrected chi connectivity index (χ2v) is 3.84. The lowest BCUT2D eigenvalue weighted by Gasteiger charge is -1.97. The van der Waals surface area contributed by atoms with Crippen molar-refractivity contribution in [2.75, 3.05) is 6.61 Å². The third kappa shape index (κ3) is 25.3. The van der Waals surface area contributed by atoms with E-state index in [0.29, 0.717) is 13.0 Å². The van der Waals surface area contributed by atoms with Crippen molar-refractivity contribution in [2.45, 2.75) is 65.7 Å². The minimum absolute atomic E-state index is 0.211. The maximum Gasteiger partial charge on any atom is 0.303 e. The lowest BCUT2D eigenvalue weighted by Crippen LogP contribution is -1.95. The summed E-state index contributed by atoms with van der Waals surface area (Å²) in [7, 11) is 0. The van der Waals surface area contributed by atoms with Crippen LogP contribution in [0.2, 0.25) is 0 Å². The van der Waals surface area contributed by atoms with Gasteiger partial charge in [-0.1, -0.05) is 39.0 Å². The lowest BCUT2D eigenvalue weighted by molar-refractivity contribution is -0.140. The Hall–Kier alpha value is -1.06. The van der Waals surface area contributed by atoms with E-state index in [1.165, 1.54) is 32.6 Å². The highest BCUT2D eigenvalue weighted by molar-refractivity contribution is 5.66. The van der Waals surface area contributed by atoms with Crippen molar-refractivity contribution in [3.8, 4) is 0 Å². The highest BCUT2D eigenvalue weighted by atomic mass is 16.5. The molecule has 0 aliphatic heterocycles. The van der Waals surface area contributed by atoms with Crippen LogP contribution in [0, 0.1) is 0 Å². The molecule has 0 spiro atoms.